The van der Waals surface area contributed by atoms with E-state index in [1.165, 1.54) is 0 Å². The molecule has 1 aromatic heterocycles. The molecule has 0 saturated heterocycles. The zero-order valence-corrected chi connectivity index (χ0v) is 12.8. The third-order valence-corrected chi connectivity index (χ3v) is 3.20. The van der Waals surface area contributed by atoms with Crippen LogP contribution < -0.4 is 14.8 Å². The van der Waals surface area contributed by atoms with Gasteiger partial charge < -0.3 is 14.8 Å². The van der Waals surface area contributed by atoms with E-state index >= 15 is 0 Å². The lowest BCUT2D eigenvalue weighted by Gasteiger charge is -2.14. The Hall–Kier alpha value is -2.27. The minimum Gasteiger partial charge on any atom is -0.497 e. The van der Waals surface area contributed by atoms with Gasteiger partial charge in [0.1, 0.15) is 17.3 Å². The van der Waals surface area contributed by atoms with Gasteiger partial charge in [0.15, 0.2) is 5.15 Å². The van der Waals surface area contributed by atoms with Gasteiger partial charge in [-0.05, 0) is 24.3 Å². The molecule has 5 nitrogen and oxygen atoms in total. The number of amidine groups is 1. The summed E-state index contributed by atoms with van der Waals surface area (Å²) >= 11 is 6.05. The number of benzene rings is 1. The van der Waals surface area contributed by atoms with Crippen LogP contribution in [0, 0.1) is 0 Å². The fourth-order valence-corrected chi connectivity index (χ4v) is 2.01. The largest absolute Gasteiger partial charge is 0.497 e. The highest BCUT2D eigenvalue weighted by molar-refractivity contribution is 6.32. The molecule has 2 rings (SSSR count). The number of rotatable bonds is 4. The molecule has 1 heterocycles. The quantitative estimate of drug-likeness (QED) is 0.535. The van der Waals surface area contributed by atoms with E-state index in [4.69, 9.17) is 21.1 Å². The lowest BCUT2D eigenvalue weighted by atomic mass is 10.1. The number of pyridine rings is 1. The van der Waals surface area contributed by atoms with Crippen LogP contribution in [0.2, 0.25) is 5.15 Å². The third-order valence-electron chi connectivity index (χ3n) is 2.90. The number of nitrogens with one attached hydrogen (secondary N) is 1. The molecule has 0 radical (unpaired) electrons. The summed E-state index contributed by atoms with van der Waals surface area (Å²) in [5.41, 5.74) is 1.48. The average Bonchev–Trinajstić information content (AvgIpc) is 2.53. The second-order valence-corrected chi connectivity index (χ2v) is 4.46. The summed E-state index contributed by atoms with van der Waals surface area (Å²) in [6, 6.07) is 9.14. The summed E-state index contributed by atoms with van der Waals surface area (Å²) in [5, 5.41) is 3.54. The van der Waals surface area contributed by atoms with Crippen molar-refractivity contribution in [3.63, 3.8) is 0 Å². The van der Waals surface area contributed by atoms with Crippen molar-refractivity contribution < 1.29 is 9.47 Å². The Morgan fingerprint density at radius 3 is 2.67 bits per heavy atom. The first-order chi connectivity index (χ1) is 10.2. The number of hydrogen-bond donors (Lipinski definition) is 1. The van der Waals surface area contributed by atoms with Gasteiger partial charge in [0, 0.05) is 19.3 Å². The van der Waals surface area contributed by atoms with E-state index in [0.29, 0.717) is 28.2 Å². The van der Waals surface area contributed by atoms with E-state index in [1.54, 1.807) is 39.6 Å². The predicted molar refractivity (Wildman–Crippen MR) is 84.9 cm³/mol. The lowest BCUT2D eigenvalue weighted by molar-refractivity contribution is 0.394. The molecule has 0 spiro atoms. The Labute approximate surface area is 128 Å². The van der Waals surface area contributed by atoms with Crippen molar-refractivity contribution in [1.82, 2.24) is 4.98 Å². The molecule has 0 aliphatic heterocycles. The van der Waals surface area contributed by atoms with Crippen molar-refractivity contribution in [2.24, 2.45) is 4.99 Å². The molecule has 110 valence electrons. The van der Waals surface area contributed by atoms with E-state index in [2.05, 4.69) is 15.3 Å². The fraction of sp³-hybridized carbons (Fsp3) is 0.200. The first kappa shape index (κ1) is 15.1. The van der Waals surface area contributed by atoms with E-state index in [0.717, 1.165) is 5.56 Å². The van der Waals surface area contributed by atoms with Crippen molar-refractivity contribution >= 4 is 23.1 Å². The maximum atomic E-state index is 6.05. The highest BCUT2D eigenvalue weighted by Crippen LogP contribution is 2.26. The van der Waals surface area contributed by atoms with Gasteiger partial charge in [0.05, 0.1) is 25.5 Å². The van der Waals surface area contributed by atoms with Gasteiger partial charge in [0.25, 0.3) is 0 Å². The molecule has 0 aliphatic carbocycles. The van der Waals surface area contributed by atoms with Crippen LogP contribution in [0.1, 0.15) is 5.56 Å². The maximum Gasteiger partial charge on any atom is 0.152 e. The number of aromatic nitrogens is 1. The number of nitrogens with zero attached hydrogens (tertiary/aromatic N) is 2. The molecule has 0 atom stereocenters. The fourth-order valence-electron chi connectivity index (χ4n) is 1.84. The van der Waals surface area contributed by atoms with Crippen molar-refractivity contribution in [2.75, 3.05) is 26.6 Å². The molecular formula is C15H16ClN3O2. The standard InChI is InChI=1S/C15H16ClN3O2/c1-17-15(19-12-5-4-8-18-14(12)16)11-7-6-10(20-2)9-13(11)21-3/h4-9H,1-3H3,(H,17,19). The number of hydrogen-bond acceptors (Lipinski definition) is 4. The van der Waals surface area contributed by atoms with Gasteiger partial charge in [0.2, 0.25) is 0 Å². The smallest absolute Gasteiger partial charge is 0.152 e. The Morgan fingerprint density at radius 2 is 2.05 bits per heavy atom. The molecule has 1 aromatic carbocycles. The summed E-state index contributed by atoms with van der Waals surface area (Å²) in [5.74, 6) is 2.00. The Bertz CT molecular complexity index is 659. The summed E-state index contributed by atoms with van der Waals surface area (Å²) in [6.07, 6.45) is 1.63. The van der Waals surface area contributed by atoms with Crippen LogP contribution in [-0.2, 0) is 0 Å². The molecule has 21 heavy (non-hydrogen) atoms. The number of ether oxygens (including phenoxy) is 2. The van der Waals surface area contributed by atoms with Crippen LogP contribution in [0.4, 0.5) is 5.69 Å². The van der Waals surface area contributed by atoms with E-state index in [1.807, 2.05) is 18.2 Å². The molecular weight excluding hydrogens is 290 g/mol. The summed E-state index contributed by atoms with van der Waals surface area (Å²) in [6.45, 7) is 0. The van der Waals surface area contributed by atoms with Gasteiger partial charge in [-0.1, -0.05) is 11.6 Å². The normalized spacial score (nSPS) is 11.1. The summed E-state index contributed by atoms with van der Waals surface area (Å²) < 4.78 is 10.6. The lowest BCUT2D eigenvalue weighted by Crippen LogP contribution is -2.15. The highest BCUT2D eigenvalue weighted by atomic mass is 35.5. The van der Waals surface area contributed by atoms with E-state index in [-0.39, 0.29) is 0 Å². The minimum absolute atomic E-state index is 0.381. The molecule has 0 unspecified atom stereocenters. The topological polar surface area (TPSA) is 55.7 Å². The van der Waals surface area contributed by atoms with E-state index < -0.39 is 0 Å². The molecule has 0 fully saturated rings. The monoisotopic (exact) mass is 305 g/mol. The minimum atomic E-state index is 0.381. The van der Waals surface area contributed by atoms with Gasteiger partial charge >= 0.3 is 0 Å². The van der Waals surface area contributed by atoms with Gasteiger partial charge in [-0.25, -0.2) is 4.98 Å². The van der Waals surface area contributed by atoms with Crippen LogP contribution in [-0.4, -0.2) is 32.1 Å². The molecule has 0 amide bonds. The van der Waals surface area contributed by atoms with Crippen LogP contribution >= 0.6 is 11.6 Å². The molecule has 6 heteroatoms. The van der Waals surface area contributed by atoms with Crippen LogP contribution in [0.15, 0.2) is 41.5 Å². The SMILES string of the molecule is CN=C(Nc1cccnc1Cl)c1ccc(OC)cc1OC. The highest BCUT2D eigenvalue weighted by Gasteiger charge is 2.12. The Morgan fingerprint density at radius 1 is 1.24 bits per heavy atom. The first-order valence-corrected chi connectivity index (χ1v) is 6.64. The van der Waals surface area contributed by atoms with Crippen LogP contribution in [0.3, 0.4) is 0 Å². The molecule has 2 aromatic rings. The Balaban J connectivity index is 2.36. The van der Waals surface area contributed by atoms with Gasteiger partial charge in [-0.3, -0.25) is 4.99 Å². The zero-order valence-electron chi connectivity index (χ0n) is 12.1. The van der Waals surface area contributed by atoms with Crippen molar-refractivity contribution in [2.45, 2.75) is 0 Å². The van der Waals surface area contributed by atoms with Crippen LogP contribution in [0.25, 0.3) is 0 Å². The zero-order chi connectivity index (χ0) is 15.2. The maximum absolute atomic E-state index is 6.05. The summed E-state index contributed by atoms with van der Waals surface area (Å²) in [4.78, 5) is 8.28. The molecule has 1 N–H and O–H groups in total. The second kappa shape index (κ2) is 6.95. The number of halogens is 1. The molecule has 0 saturated carbocycles. The van der Waals surface area contributed by atoms with Crippen molar-refractivity contribution in [3.8, 4) is 11.5 Å². The molecule has 0 aliphatic rings. The predicted octanol–water partition coefficient (Wildman–Crippen LogP) is 3.24. The van der Waals surface area contributed by atoms with Crippen molar-refractivity contribution in [3.05, 3.63) is 47.2 Å². The van der Waals surface area contributed by atoms with Gasteiger partial charge in [-0.15, -0.1) is 0 Å². The number of aliphatic imine (C=N–C) groups is 1. The van der Waals surface area contributed by atoms with E-state index in [9.17, 15) is 0 Å². The Kier molecular flexibility index (Phi) is 5.00. The van der Waals surface area contributed by atoms with Crippen molar-refractivity contribution in [1.29, 1.82) is 0 Å². The van der Waals surface area contributed by atoms with Crippen LogP contribution in [0.5, 0.6) is 11.5 Å². The first-order valence-electron chi connectivity index (χ1n) is 6.26. The third kappa shape index (κ3) is 3.44. The molecule has 0 bridgehead atoms. The average molecular weight is 306 g/mol. The number of methoxy groups -OCH3 is 2. The van der Waals surface area contributed by atoms with Gasteiger partial charge in [-0.2, -0.15) is 0 Å². The summed E-state index contributed by atoms with van der Waals surface area (Å²) in [7, 11) is 4.90. The number of anilines is 1. The second-order valence-electron chi connectivity index (χ2n) is 4.11.